The van der Waals surface area contributed by atoms with Crippen LogP contribution in [0.2, 0.25) is 0 Å². The first-order valence-electron chi connectivity index (χ1n) is 13.4. The maximum Gasteiger partial charge on any atom is 0.254 e. The summed E-state index contributed by atoms with van der Waals surface area (Å²) >= 11 is 0. The van der Waals surface area contributed by atoms with Crippen LogP contribution in [0.1, 0.15) is 46.3 Å². The van der Waals surface area contributed by atoms with E-state index in [1.165, 1.54) is 11.1 Å². The van der Waals surface area contributed by atoms with Gasteiger partial charge in [0, 0.05) is 51.4 Å². The van der Waals surface area contributed by atoms with Crippen molar-refractivity contribution in [2.24, 2.45) is 0 Å². The van der Waals surface area contributed by atoms with Crippen molar-refractivity contribution in [1.29, 1.82) is 0 Å². The minimum absolute atomic E-state index is 0.0119. The van der Waals surface area contributed by atoms with Crippen LogP contribution < -0.4 is 4.74 Å². The predicted octanol–water partition coefficient (Wildman–Crippen LogP) is 3.31. The SMILES string of the molecule is O=C1c2ccc(OC3CCCN(CCF)CC3)cc2CCN1C[C@H](O)CN1CCc2ccccc2C1. The quantitative estimate of drug-likeness (QED) is 0.609. The lowest BCUT2D eigenvalue weighted by molar-refractivity contribution is 0.0492. The Labute approximate surface area is 213 Å². The zero-order valence-corrected chi connectivity index (χ0v) is 21.1. The van der Waals surface area contributed by atoms with Gasteiger partial charge in [-0.3, -0.25) is 9.69 Å². The van der Waals surface area contributed by atoms with Crippen molar-refractivity contribution < 1.29 is 19.0 Å². The number of halogens is 1. The number of nitrogens with zero attached hydrogens (tertiary/aromatic N) is 3. The van der Waals surface area contributed by atoms with Crippen LogP contribution >= 0.6 is 0 Å². The third-order valence-electron chi connectivity index (χ3n) is 7.83. The van der Waals surface area contributed by atoms with Crippen LogP contribution in [0.25, 0.3) is 0 Å². The van der Waals surface area contributed by atoms with Gasteiger partial charge in [0.05, 0.1) is 12.2 Å². The van der Waals surface area contributed by atoms with E-state index < -0.39 is 6.10 Å². The van der Waals surface area contributed by atoms with E-state index in [4.69, 9.17) is 4.74 Å². The summed E-state index contributed by atoms with van der Waals surface area (Å²) in [6.07, 6.45) is 4.18. The summed E-state index contributed by atoms with van der Waals surface area (Å²) in [4.78, 5) is 19.4. The molecule has 0 radical (unpaired) electrons. The van der Waals surface area contributed by atoms with Gasteiger partial charge in [0.1, 0.15) is 12.4 Å². The number of hydrogen-bond donors (Lipinski definition) is 1. The number of hydrogen-bond acceptors (Lipinski definition) is 5. The van der Waals surface area contributed by atoms with Gasteiger partial charge in [-0.1, -0.05) is 24.3 Å². The van der Waals surface area contributed by atoms with Crippen LogP contribution in [-0.2, 0) is 19.4 Å². The third-order valence-corrected chi connectivity index (χ3v) is 7.83. The van der Waals surface area contributed by atoms with Gasteiger partial charge < -0.3 is 19.6 Å². The average Bonchev–Trinajstić information content (AvgIpc) is 3.11. The first-order chi connectivity index (χ1) is 17.6. The predicted molar refractivity (Wildman–Crippen MR) is 138 cm³/mol. The van der Waals surface area contributed by atoms with Crippen LogP contribution in [0.4, 0.5) is 4.39 Å². The number of alkyl halides is 1. The van der Waals surface area contributed by atoms with Crippen molar-refractivity contribution in [3.63, 3.8) is 0 Å². The molecule has 0 bridgehead atoms. The molecule has 0 aliphatic carbocycles. The molecular weight excluding hydrogens is 457 g/mol. The van der Waals surface area contributed by atoms with Gasteiger partial charge in [0.15, 0.2) is 0 Å². The normalized spacial score (nSPS) is 22.0. The molecule has 1 fully saturated rings. The smallest absolute Gasteiger partial charge is 0.254 e. The number of likely N-dealkylation sites (tertiary alicyclic amines) is 1. The van der Waals surface area contributed by atoms with Crippen molar-refractivity contribution in [3.8, 4) is 5.75 Å². The molecule has 3 aliphatic heterocycles. The highest BCUT2D eigenvalue weighted by Gasteiger charge is 2.28. The number of β-amino-alcohol motifs (C(OH)–C–C–N with tert-alkyl or cyclic N) is 1. The number of benzene rings is 2. The molecule has 7 heteroatoms. The summed E-state index contributed by atoms with van der Waals surface area (Å²) in [5, 5.41) is 10.8. The largest absolute Gasteiger partial charge is 0.490 e. The van der Waals surface area contributed by atoms with Crippen molar-refractivity contribution in [2.75, 3.05) is 52.5 Å². The lowest BCUT2D eigenvalue weighted by Crippen LogP contribution is -2.46. The van der Waals surface area contributed by atoms with E-state index in [1.807, 2.05) is 18.2 Å². The Bertz CT molecular complexity index is 1050. The number of carbonyl (C=O) groups is 1. The Hall–Kier alpha value is -2.48. The second-order valence-corrected chi connectivity index (χ2v) is 10.4. The Morgan fingerprint density at radius 3 is 2.64 bits per heavy atom. The first-order valence-corrected chi connectivity index (χ1v) is 13.4. The van der Waals surface area contributed by atoms with E-state index in [9.17, 15) is 14.3 Å². The standard InChI is InChI=1S/C29H38FN3O3/c30-12-17-31-13-3-6-26(11-15-31)36-27-7-8-28-23(18-27)10-16-33(29(28)35)21-25(34)20-32-14-9-22-4-1-2-5-24(22)19-32/h1-2,4-5,7-8,18,25-26,34H,3,6,9-17,19-21H2/t25-,26?/m1/s1. The molecule has 1 saturated heterocycles. The summed E-state index contributed by atoms with van der Waals surface area (Å²) < 4.78 is 19.0. The Kier molecular flexibility index (Phi) is 8.19. The van der Waals surface area contributed by atoms with Crippen LogP contribution in [0, 0.1) is 0 Å². The number of aliphatic hydroxyl groups excluding tert-OH is 1. The molecule has 6 nitrogen and oxygen atoms in total. The number of fused-ring (bicyclic) bond motifs is 2. The number of aliphatic hydroxyl groups is 1. The summed E-state index contributed by atoms with van der Waals surface area (Å²) in [5.41, 5.74) is 4.45. The lowest BCUT2D eigenvalue weighted by Gasteiger charge is -2.34. The molecule has 0 aromatic heterocycles. The van der Waals surface area contributed by atoms with Crippen LogP contribution in [0.3, 0.4) is 0 Å². The van der Waals surface area contributed by atoms with Gasteiger partial charge in [0.25, 0.3) is 5.91 Å². The zero-order valence-electron chi connectivity index (χ0n) is 21.1. The Balaban J connectivity index is 1.14. The van der Waals surface area contributed by atoms with Crippen molar-refractivity contribution >= 4 is 5.91 Å². The molecule has 0 spiro atoms. The topological polar surface area (TPSA) is 56.3 Å². The second-order valence-electron chi connectivity index (χ2n) is 10.4. The minimum Gasteiger partial charge on any atom is -0.490 e. The van der Waals surface area contributed by atoms with Gasteiger partial charge in [-0.2, -0.15) is 0 Å². The molecule has 3 aliphatic rings. The van der Waals surface area contributed by atoms with Gasteiger partial charge in [-0.25, -0.2) is 4.39 Å². The zero-order chi connectivity index (χ0) is 24.9. The molecule has 1 N–H and O–H groups in total. The van der Waals surface area contributed by atoms with E-state index >= 15 is 0 Å². The molecule has 194 valence electrons. The van der Waals surface area contributed by atoms with E-state index in [1.54, 1.807) is 4.90 Å². The maximum atomic E-state index is 13.2. The molecule has 2 aromatic rings. The summed E-state index contributed by atoms with van der Waals surface area (Å²) in [7, 11) is 0. The monoisotopic (exact) mass is 495 g/mol. The Morgan fingerprint density at radius 1 is 0.944 bits per heavy atom. The van der Waals surface area contributed by atoms with E-state index in [2.05, 4.69) is 34.1 Å². The molecule has 0 saturated carbocycles. The van der Waals surface area contributed by atoms with Gasteiger partial charge >= 0.3 is 0 Å². The summed E-state index contributed by atoms with van der Waals surface area (Å²) in [6.45, 7) is 5.31. The van der Waals surface area contributed by atoms with E-state index in [0.717, 1.165) is 69.6 Å². The highest BCUT2D eigenvalue weighted by Crippen LogP contribution is 2.27. The molecule has 5 rings (SSSR count). The van der Waals surface area contributed by atoms with Crippen LogP contribution in [-0.4, -0.2) is 90.4 Å². The molecular formula is C29H38FN3O3. The minimum atomic E-state index is -0.574. The first kappa shape index (κ1) is 25.2. The van der Waals surface area contributed by atoms with Gasteiger partial charge in [-0.05, 0) is 73.5 Å². The molecule has 36 heavy (non-hydrogen) atoms. The molecule has 2 atom stereocenters. The van der Waals surface area contributed by atoms with Crippen molar-refractivity contribution in [3.05, 3.63) is 64.7 Å². The Morgan fingerprint density at radius 2 is 1.78 bits per heavy atom. The average molecular weight is 496 g/mol. The number of rotatable bonds is 8. The van der Waals surface area contributed by atoms with Crippen molar-refractivity contribution in [1.82, 2.24) is 14.7 Å². The number of carbonyl (C=O) groups excluding carboxylic acids is 1. The molecule has 2 aromatic carbocycles. The highest BCUT2D eigenvalue weighted by molar-refractivity contribution is 5.97. The summed E-state index contributed by atoms with van der Waals surface area (Å²) in [6, 6.07) is 14.3. The fourth-order valence-electron chi connectivity index (χ4n) is 5.86. The number of ether oxygens (including phenoxy) is 1. The molecule has 1 unspecified atom stereocenters. The van der Waals surface area contributed by atoms with Gasteiger partial charge in [0.2, 0.25) is 0 Å². The van der Waals surface area contributed by atoms with E-state index in [0.29, 0.717) is 31.7 Å². The third kappa shape index (κ3) is 6.07. The maximum absolute atomic E-state index is 13.2. The summed E-state index contributed by atoms with van der Waals surface area (Å²) in [5.74, 6) is 0.798. The van der Waals surface area contributed by atoms with E-state index in [-0.39, 0.29) is 18.7 Å². The molecule has 3 heterocycles. The van der Waals surface area contributed by atoms with Crippen LogP contribution in [0.15, 0.2) is 42.5 Å². The number of amides is 1. The fraction of sp³-hybridized carbons (Fsp3) is 0.552. The molecule has 1 amide bonds. The highest BCUT2D eigenvalue weighted by atomic mass is 19.1. The van der Waals surface area contributed by atoms with Gasteiger partial charge in [-0.15, -0.1) is 0 Å². The van der Waals surface area contributed by atoms with Crippen molar-refractivity contribution in [2.45, 2.75) is 50.9 Å². The second kappa shape index (κ2) is 11.7. The fourth-order valence-corrected chi connectivity index (χ4v) is 5.86. The lowest BCUT2D eigenvalue weighted by atomic mass is 9.98. The van der Waals surface area contributed by atoms with Crippen LogP contribution in [0.5, 0.6) is 5.75 Å².